The van der Waals surface area contributed by atoms with Crippen molar-refractivity contribution in [2.24, 2.45) is 5.11 Å². The summed E-state index contributed by atoms with van der Waals surface area (Å²) in [5.41, 5.74) is 18.8. The predicted octanol–water partition coefficient (Wildman–Crippen LogP) is 1.26. The summed E-state index contributed by atoms with van der Waals surface area (Å²) in [4.78, 5) is 90.6. The number of nitrogens with two attached hydrogens (primary N) is 2. The number of phosphoric ester groups is 1. The first-order valence-corrected chi connectivity index (χ1v) is 23.7. The Bertz CT molecular complexity index is 2660. The van der Waals surface area contributed by atoms with Crippen molar-refractivity contribution < 1.29 is 76.0 Å². The van der Waals surface area contributed by atoms with Crippen molar-refractivity contribution >= 4 is 56.0 Å². The fourth-order valence-electron chi connectivity index (χ4n) is 8.01. The number of azide groups is 1. The summed E-state index contributed by atoms with van der Waals surface area (Å²) < 4.78 is 74.1. The van der Waals surface area contributed by atoms with E-state index in [0.29, 0.717) is 24.1 Å². The van der Waals surface area contributed by atoms with Gasteiger partial charge in [-0.2, -0.15) is 4.98 Å². The zero-order valence-electron chi connectivity index (χ0n) is 34.9. The van der Waals surface area contributed by atoms with Gasteiger partial charge in [0, 0.05) is 42.8 Å². The highest BCUT2D eigenvalue weighted by molar-refractivity contribution is 7.53. The molecule has 29 nitrogen and oxygen atoms in total. The minimum absolute atomic E-state index is 0.0203. The van der Waals surface area contributed by atoms with E-state index in [1.54, 1.807) is 12.1 Å². The van der Waals surface area contributed by atoms with Crippen LogP contribution in [0, 0.1) is 0 Å². The molecule has 8 rings (SSSR count). The maximum absolute atomic E-state index is 14.5. The lowest BCUT2D eigenvalue weighted by Crippen LogP contribution is -2.57. The number of nitrogen functional groups attached to an aromatic ring is 2. The first kappa shape index (κ1) is 47.8. The Morgan fingerprint density at radius 2 is 1.76 bits per heavy atom. The van der Waals surface area contributed by atoms with Crippen molar-refractivity contribution in [3.63, 3.8) is 0 Å². The molecule has 3 aromatic heterocycles. The van der Waals surface area contributed by atoms with E-state index in [9.17, 15) is 43.3 Å². The number of nitrogens with zero attached hydrogens (tertiary/aromatic N) is 10. The van der Waals surface area contributed by atoms with Gasteiger partial charge in [-0.15, -0.1) is 0 Å². The van der Waals surface area contributed by atoms with Gasteiger partial charge in [0.25, 0.3) is 0 Å². The largest absolute Gasteiger partial charge is 0.469 e. The minimum atomic E-state index is -5.19. The number of aliphatic hydroxyl groups excluding tert-OH is 1. The number of imidazole rings is 1. The van der Waals surface area contributed by atoms with Crippen LogP contribution in [0.4, 0.5) is 22.1 Å². The van der Waals surface area contributed by atoms with Crippen LogP contribution >= 0.6 is 15.4 Å². The van der Waals surface area contributed by atoms with Gasteiger partial charge in [0.15, 0.2) is 36.3 Å². The number of ether oxygens (including phenoxy) is 6. The Morgan fingerprint density at radius 1 is 0.985 bits per heavy atom. The highest BCUT2D eigenvalue weighted by Gasteiger charge is 2.58. The van der Waals surface area contributed by atoms with Crippen molar-refractivity contribution in [2.45, 2.75) is 93.3 Å². The minimum Gasteiger partial charge on any atom is -0.455 e. The van der Waals surface area contributed by atoms with Gasteiger partial charge in [-0.1, -0.05) is 29.4 Å². The number of benzene rings is 1. The molecule has 31 heteroatoms. The van der Waals surface area contributed by atoms with Crippen LogP contribution in [0.1, 0.15) is 43.7 Å². The summed E-state index contributed by atoms with van der Waals surface area (Å²) in [6, 6.07) is 6.38. The Labute approximate surface area is 377 Å². The molecular weight excluding hydrogens is 934 g/mol. The lowest BCUT2D eigenvalue weighted by Gasteiger charge is -2.38. The van der Waals surface area contributed by atoms with E-state index in [4.69, 9.17) is 54.5 Å². The zero-order valence-corrected chi connectivity index (χ0v) is 36.7. The molecule has 4 aliphatic rings. The van der Waals surface area contributed by atoms with E-state index in [-0.39, 0.29) is 55.4 Å². The van der Waals surface area contributed by atoms with Gasteiger partial charge in [-0.25, -0.2) is 33.9 Å². The van der Waals surface area contributed by atoms with Gasteiger partial charge in [0.2, 0.25) is 0 Å². The number of phosphoric acid groups is 1. The third-order valence-corrected chi connectivity index (χ3v) is 13.7. The summed E-state index contributed by atoms with van der Waals surface area (Å²) in [7, 11) is -10.3. The number of rotatable bonds is 17. The van der Waals surface area contributed by atoms with Crippen molar-refractivity contribution in [1.82, 2.24) is 34.0 Å². The Morgan fingerprint density at radius 3 is 2.45 bits per heavy atom. The van der Waals surface area contributed by atoms with Gasteiger partial charge in [-0.3, -0.25) is 23.1 Å². The molecule has 360 valence electrons. The summed E-state index contributed by atoms with van der Waals surface area (Å²) >= 11 is 0. The van der Waals surface area contributed by atoms with Crippen LogP contribution < -0.4 is 17.2 Å². The van der Waals surface area contributed by atoms with Crippen LogP contribution in [0.2, 0.25) is 0 Å². The van der Waals surface area contributed by atoms with Crippen molar-refractivity contribution in [2.75, 3.05) is 37.8 Å². The average molecular weight is 979 g/mol. The molecule has 4 saturated heterocycles. The molecule has 8 N–H and O–H groups in total. The van der Waals surface area contributed by atoms with Crippen LogP contribution in [0.15, 0.2) is 59.1 Å². The second-order valence-corrected chi connectivity index (χ2v) is 18.8. The molecule has 7 heterocycles. The lowest BCUT2D eigenvalue weighted by molar-refractivity contribution is -0.170. The smallest absolute Gasteiger partial charge is 0.455 e. The zero-order chi connectivity index (χ0) is 47.6. The third-order valence-electron chi connectivity index (χ3n) is 11.3. The van der Waals surface area contributed by atoms with Crippen molar-refractivity contribution in [1.29, 1.82) is 0 Å². The maximum Gasteiger partial charge on any atom is 0.469 e. The number of esters is 1. The number of hydrogen-bond donors (Lipinski definition) is 6. The fourth-order valence-corrected chi connectivity index (χ4v) is 10.1. The third kappa shape index (κ3) is 10.6. The number of anilines is 2. The average Bonchev–Trinajstić information content (AvgIpc) is 4.07. The standard InChI is InChI=1S/C36H44N12O17P2/c37-23-8-11-47(35(51)43-23)33-28(64-24-2-1-12-58-24)29(22(63-33)15-61-67(55,56)57)66(53,54)60-13-9-21-27(26(49)32(62-21)48-17-42-25-30(38)40-16-41-31(25)48)65-34(50)20-7-10-46(20)36(52)59-14-18-3-5-19(6-4-18)44-45-39/h3-6,8,11,16-17,20-22,24,26-29,32-33,49H,1-2,7,9-10,12-15H2,(H,53,54)(H2,37,43,51)(H2,38,40,41)(H2,55,56,57)/t20-,21+,22+,24?,26+,27+,28+,29+,32+,33+/m0/s1. The van der Waals surface area contributed by atoms with Crippen molar-refractivity contribution in [3.8, 4) is 0 Å². The molecule has 0 radical (unpaired) electrons. The highest BCUT2D eigenvalue weighted by atomic mass is 31.2. The summed E-state index contributed by atoms with van der Waals surface area (Å²) in [6.07, 6.45) is -7.96. The number of hydrogen-bond acceptors (Lipinski definition) is 21. The number of aliphatic hydroxyl groups is 1. The number of fused-ring (bicyclic) bond motifs is 1. The van der Waals surface area contributed by atoms with Gasteiger partial charge in [0.05, 0.1) is 19.5 Å². The number of amides is 1. The Hall–Kier alpha value is -5.64. The summed E-state index contributed by atoms with van der Waals surface area (Å²) in [5, 5.41) is 15.2. The predicted molar refractivity (Wildman–Crippen MR) is 223 cm³/mol. The van der Waals surface area contributed by atoms with E-state index < -0.39 is 107 Å². The molecule has 0 saturated carbocycles. The van der Waals surface area contributed by atoms with Crippen LogP contribution in [0.25, 0.3) is 21.6 Å². The highest BCUT2D eigenvalue weighted by Crippen LogP contribution is 2.57. The molecule has 11 atom stereocenters. The molecule has 0 aliphatic carbocycles. The number of likely N-dealkylation sites (tertiary alicyclic amines) is 1. The first-order valence-electron chi connectivity index (χ1n) is 20.5. The fraction of sp³-hybridized carbons (Fsp3) is 0.528. The van der Waals surface area contributed by atoms with E-state index in [2.05, 4.69) is 30.0 Å². The summed E-state index contributed by atoms with van der Waals surface area (Å²) in [6.45, 7) is -1.37. The molecule has 2 unspecified atom stereocenters. The number of aromatic nitrogens is 6. The topological polar surface area (TPSA) is 406 Å². The molecule has 4 aromatic rings. The first-order chi connectivity index (χ1) is 32.0. The van der Waals surface area contributed by atoms with E-state index in [1.807, 2.05) is 0 Å². The number of carbonyl (C=O) groups excluding carboxylic acids is 2. The quantitative estimate of drug-likeness (QED) is 0.0285. The maximum atomic E-state index is 14.5. The van der Waals surface area contributed by atoms with Crippen molar-refractivity contribution in [3.05, 3.63) is 75.7 Å². The Kier molecular flexibility index (Phi) is 14.2. The Balaban J connectivity index is 1.01. The van der Waals surface area contributed by atoms with Crippen LogP contribution in [-0.4, -0.2) is 141 Å². The normalized spacial score (nSPS) is 28.1. The summed E-state index contributed by atoms with van der Waals surface area (Å²) in [5.74, 6) is -1.06. The monoisotopic (exact) mass is 978 g/mol. The van der Waals surface area contributed by atoms with Crippen LogP contribution in [0.5, 0.6) is 0 Å². The van der Waals surface area contributed by atoms with Gasteiger partial charge in [-0.05, 0) is 30.0 Å². The van der Waals surface area contributed by atoms with Gasteiger partial charge >= 0.3 is 33.2 Å². The molecule has 67 heavy (non-hydrogen) atoms. The van der Waals surface area contributed by atoms with E-state index >= 15 is 0 Å². The number of carbonyl (C=O) groups is 2. The van der Waals surface area contributed by atoms with Crippen LogP contribution in [0.3, 0.4) is 0 Å². The lowest BCUT2D eigenvalue weighted by atomic mass is 10.0. The molecule has 1 aromatic carbocycles. The molecule has 4 fully saturated rings. The molecule has 1 amide bonds. The van der Waals surface area contributed by atoms with Gasteiger partial charge < -0.3 is 64.2 Å². The van der Waals surface area contributed by atoms with Gasteiger partial charge in [0.1, 0.15) is 60.4 Å². The SMILES string of the molecule is [N-]=[N+]=Nc1ccc(COC(=O)N2CC[C@H]2C(=O)O[C@H]2[C@@H](O)[C@H](n3cnc4c(N)ncnc43)O[C@@H]2CCOP(=O)(O)[C@H]2[C@@H](OC3CCCO3)[C@H](n3ccc(N)nc3=O)O[C@@H]2COP(=O)(O)O)cc1. The van der Waals surface area contributed by atoms with Crippen LogP contribution in [-0.2, 0) is 58.0 Å². The second kappa shape index (κ2) is 19.9. The molecule has 0 bridgehead atoms. The molecule has 4 aliphatic heterocycles. The molecule has 0 spiro atoms. The molecular formula is C36H44N12O17P2. The second-order valence-electron chi connectivity index (χ2n) is 15.6. The van der Waals surface area contributed by atoms with E-state index in [0.717, 1.165) is 15.8 Å². The van der Waals surface area contributed by atoms with E-state index in [1.165, 1.54) is 35.3 Å².